The minimum absolute atomic E-state index is 0.799. The van der Waals surface area contributed by atoms with Gasteiger partial charge in [0.2, 0.25) is 0 Å². The van der Waals surface area contributed by atoms with Gasteiger partial charge in [-0.05, 0) is 24.1 Å². The summed E-state index contributed by atoms with van der Waals surface area (Å²) in [5.74, 6) is 2.01. The smallest absolute Gasteiger partial charge is 0.138 e. The molecule has 0 bridgehead atoms. The normalized spacial score (nSPS) is 22.0. The summed E-state index contributed by atoms with van der Waals surface area (Å²) in [7, 11) is 0. The molecule has 1 fully saturated rings. The van der Waals surface area contributed by atoms with Crippen molar-refractivity contribution in [3.8, 4) is 5.75 Å². The van der Waals surface area contributed by atoms with Gasteiger partial charge in [0.1, 0.15) is 12.4 Å². The Balaban J connectivity index is 1.92. The first-order valence-corrected chi connectivity index (χ1v) is 6.27. The quantitative estimate of drug-likeness (QED) is 0.767. The molecule has 1 aromatic rings. The molecule has 2 heterocycles. The highest BCUT2D eigenvalue weighted by Gasteiger charge is 2.26. The lowest BCUT2D eigenvalue weighted by Gasteiger charge is -2.25. The van der Waals surface area contributed by atoms with Crippen LogP contribution in [0.25, 0.3) is 0 Å². The Labute approximate surface area is 88.3 Å². The molecule has 0 atom stereocenters. The lowest BCUT2D eigenvalue weighted by molar-refractivity contribution is 0.313. The van der Waals surface area contributed by atoms with Gasteiger partial charge in [0, 0.05) is 18.7 Å². The van der Waals surface area contributed by atoms with Gasteiger partial charge in [-0.25, -0.2) is 0 Å². The fraction of sp³-hybridized carbons (Fsp3) is 0.636. The van der Waals surface area contributed by atoms with E-state index in [2.05, 4.69) is 10.7 Å². The first-order chi connectivity index (χ1) is 6.95. The van der Waals surface area contributed by atoms with Crippen LogP contribution in [0.2, 0.25) is 0 Å². The Bertz CT molecular complexity index is 330. The molecule has 1 N–H and O–H groups in total. The van der Waals surface area contributed by atoms with Crippen LogP contribution in [-0.2, 0) is 6.54 Å². The maximum absolute atomic E-state index is 5.82. The van der Waals surface area contributed by atoms with E-state index in [4.69, 9.17) is 4.74 Å². The predicted molar refractivity (Wildman–Crippen MR) is 58.1 cm³/mol. The first-order valence-electron chi connectivity index (χ1n) is 5.39. The largest absolute Gasteiger partial charge is 0.491 e. The molecule has 2 nitrogen and oxygen atoms in total. The zero-order valence-electron chi connectivity index (χ0n) is 8.21. The van der Waals surface area contributed by atoms with Crippen LogP contribution in [0.15, 0.2) is 5.38 Å². The van der Waals surface area contributed by atoms with E-state index < -0.39 is 0 Å². The summed E-state index contributed by atoms with van der Waals surface area (Å²) in [6, 6.07) is 0. The second kappa shape index (κ2) is 3.55. The molecule has 0 unspecified atom stereocenters. The van der Waals surface area contributed by atoms with Gasteiger partial charge in [0.05, 0.1) is 4.88 Å². The van der Waals surface area contributed by atoms with Crippen molar-refractivity contribution in [2.75, 3.05) is 13.2 Å². The van der Waals surface area contributed by atoms with Crippen molar-refractivity contribution in [3.63, 3.8) is 0 Å². The van der Waals surface area contributed by atoms with Crippen molar-refractivity contribution < 1.29 is 4.74 Å². The van der Waals surface area contributed by atoms with Crippen molar-refractivity contribution >= 4 is 11.3 Å². The molecule has 14 heavy (non-hydrogen) atoms. The van der Waals surface area contributed by atoms with E-state index in [9.17, 15) is 0 Å². The standard InChI is InChI=1S/C11H15NOS/c1-2-8(3-1)9-7-14-10-6-12-4-5-13-11(9)10/h7-8,12H,1-6H2. The Morgan fingerprint density at radius 3 is 3.14 bits per heavy atom. The summed E-state index contributed by atoms with van der Waals surface area (Å²) in [5.41, 5.74) is 1.49. The Hall–Kier alpha value is -0.540. The SMILES string of the molecule is c1sc2c(c1C1CCC1)OCCNC2. The van der Waals surface area contributed by atoms with Gasteiger partial charge in [-0.15, -0.1) is 11.3 Å². The third-order valence-electron chi connectivity index (χ3n) is 3.20. The van der Waals surface area contributed by atoms with Crippen LogP contribution in [0.1, 0.15) is 35.6 Å². The summed E-state index contributed by atoms with van der Waals surface area (Å²) in [5, 5.41) is 5.68. The first kappa shape index (κ1) is 8.74. The van der Waals surface area contributed by atoms with Gasteiger partial charge in [0.25, 0.3) is 0 Å². The average molecular weight is 209 g/mol. The van der Waals surface area contributed by atoms with Gasteiger partial charge < -0.3 is 10.1 Å². The third-order valence-corrected chi connectivity index (χ3v) is 4.19. The zero-order valence-corrected chi connectivity index (χ0v) is 9.03. The van der Waals surface area contributed by atoms with E-state index in [1.54, 1.807) is 0 Å². The maximum Gasteiger partial charge on any atom is 0.138 e. The molecule has 3 rings (SSSR count). The summed E-state index contributed by atoms with van der Waals surface area (Å²) >= 11 is 1.86. The molecule has 1 aromatic heterocycles. The van der Waals surface area contributed by atoms with Gasteiger partial charge in [-0.3, -0.25) is 0 Å². The predicted octanol–water partition coefficient (Wildman–Crippen LogP) is 2.50. The molecule has 1 saturated carbocycles. The highest BCUT2D eigenvalue weighted by molar-refractivity contribution is 7.10. The van der Waals surface area contributed by atoms with Crippen molar-refractivity contribution in [1.82, 2.24) is 5.32 Å². The zero-order chi connectivity index (χ0) is 9.38. The van der Waals surface area contributed by atoms with Crippen molar-refractivity contribution in [2.24, 2.45) is 0 Å². The van der Waals surface area contributed by atoms with Crippen molar-refractivity contribution in [3.05, 3.63) is 15.8 Å². The molecule has 0 amide bonds. The van der Waals surface area contributed by atoms with Crippen LogP contribution in [0.5, 0.6) is 5.75 Å². The molecule has 2 aliphatic rings. The summed E-state index contributed by atoms with van der Waals surface area (Å²) < 4.78 is 5.82. The number of fused-ring (bicyclic) bond motifs is 1. The number of hydrogen-bond acceptors (Lipinski definition) is 3. The van der Waals surface area contributed by atoms with Crippen molar-refractivity contribution in [1.29, 1.82) is 0 Å². The molecule has 0 aromatic carbocycles. The lowest BCUT2D eigenvalue weighted by atomic mass is 9.81. The fourth-order valence-corrected chi connectivity index (χ4v) is 3.15. The third kappa shape index (κ3) is 1.35. The van der Waals surface area contributed by atoms with Gasteiger partial charge in [-0.2, -0.15) is 0 Å². The number of nitrogens with one attached hydrogen (secondary N) is 1. The molecule has 1 aliphatic carbocycles. The second-order valence-corrected chi connectivity index (χ2v) is 5.06. The minimum Gasteiger partial charge on any atom is -0.491 e. The van der Waals surface area contributed by atoms with Crippen LogP contribution in [0.4, 0.5) is 0 Å². The molecule has 3 heteroatoms. The molecule has 0 radical (unpaired) electrons. The maximum atomic E-state index is 5.82. The molecular weight excluding hydrogens is 194 g/mol. The van der Waals surface area contributed by atoms with Crippen LogP contribution in [-0.4, -0.2) is 13.2 Å². The van der Waals surface area contributed by atoms with E-state index >= 15 is 0 Å². The lowest BCUT2D eigenvalue weighted by Crippen LogP contribution is -2.16. The number of hydrogen-bond donors (Lipinski definition) is 1. The molecule has 1 aliphatic heterocycles. The summed E-state index contributed by atoms with van der Waals surface area (Å²) in [6.45, 7) is 2.79. The highest BCUT2D eigenvalue weighted by atomic mass is 32.1. The monoisotopic (exact) mass is 209 g/mol. The fourth-order valence-electron chi connectivity index (χ4n) is 2.12. The van der Waals surface area contributed by atoms with Crippen LogP contribution >= 0.6 is 11.3 Å². The highest BCUT2D eigenvalue weighted by Crippen LogP contribution is 2.45. The van der Waals surface area contributed by atoms with E-state index in [1.807, 2.05) is 11.3 Å². The van der Waals surface area contributed by atoms with E-state index in [1.165, 1.54) is 35.5 Å². The van der Waals surface area contributed by atoms with Crippen LogP contribution in [0.3, 0.4) is 0 Å². The molecule has 0 saturated heterocycles. The Morgan fingerprint density at radius 2 is 2.36 bits per heavy atom. The molecule has 0 spiro atoms. The van der Waals surface area contributed by atoms with E-state index in [0.717, 1.165) is 25.6 Å². The van der Waals surface area contributed by atoms with Crippen LogP contribution < -0.4 is 10.1 Å². The van der Waals surface area contributed by atoms with E-state index in [-0.39, 0.29) is 0 Å². The summed E-state index contributed by atoms with van der Waals surface area (Å²) in [6.07, 6.45) is 4.12. The van der Waals surface area contributed by atoms with Gasteiger partial charge in [0.15, 0.2) is 0 Å². The average Bonchev–Trinajstić information content (AvgIpc) is 2.36. The topological polar surface area (TPSA) is 21.3 Å². The Kier molecular flexibility index (Phi) is 2.22. The molecule has 76 valence electrons. The summed E-state index contributed by atoms with van der Waals surface area (Å²) in [4.78, 5) is 1.39. The second-order valence-electron chi connectivity index (χ2n) is 4.10. The number of thiophene rings is 1. The number of rotatable bonds is 1. The molecular formula is C11H15NOS. The minimum atomic E-state index is 0.799. The van der Waals surface area contributed by atoms with Gasteiger partial charge in [-0.1, -0.05) is 6.42 Å². The van der Waals surface area contributed by atoms with E-state index in [0.29, 0.717) is 0 Å². The van der Waals surface area contributed by atoms with Gasteiger partial charge >= 0.3 is 0 Å². The Morgan fingerprint density at radius 1 is 1.43 bits per heavy atom. The number of ether oxygens (including phenoxy) is 1. The van der Waals surface area contributed by atoms with Crippen molar-refractivity contribution in [2.45, 2.75) is 31.7 Å². The van der Waals surface area contributed by atoms with Crippen LogP contribution in [0, 0.1) is 0 Å².